The number of nitriles is 1. The number of benzene rings is 1. The molecule has 1 aliphatic rings. The van der Waals surface area contributed by atoms with Crippen LogP contribution in [0.25, 0.3) is 17.3 Å². The van der Waals surface area contributed by atoms with E-state index in [0.717, 1.165) is 0 Å². The number of aromatic nitrogens is 3. The van der Waals surface area contributed by atoms with Gasteiger partial charge >= 0.3 is 0 Å². The molecule has 0 N–H and O–H groups in total. The number of nitrogens with zero attached hydrogens (tertiary/aromatic N) is 6. The monoisotopic (exact) mass is 628 g/mol. The van der Waals surface area contributed by atoms with Gasteiger partial charge in [-0.05, 0) is 57.0 Å². The highest BCUT2D eigenvalue weighted by atomic mass is 32.2. The first kappa shape index (κ1) is 32.1. The van der Waals surface area contributed by atoms with Crippen LogP contribution in [0.5, 0.6) is 11.5 Å². The minimum absolute atomic E-state index is 0.0346. The summed E-state index contributed by atoms with van der Waals surface area (Å²) < 4.78 is 49.1. The average Bonchev–Trinajstić information content (AvgIpc) is 3.64. The van der Waals surface area contributed by atoms with E-state index in [1.54, 1.807) is 48.7 Å². The van der Waals surface area contributed by atoms with E-state index in [2.05, 4.69) is 35.9 Å². The number of sulfonamides is 1. The summed E-state index contributed by atoms with van der Waals surface area (Å²) in [6, 6.07) is 11.5. The molecule has 4 rings (SSSR count). The molecule has 0 aliphatic carbocycles. The van der Waals surface area contributed by atoms with Crippen LogP contribution in [0, 0.1) is 11.3 Å². The molecule has 0 spiro atoms. The summed E-state index contributed by atoms with van der Waals surface area (Å²) in [5.74, 6) is 1.25. The van der Waals surface area contributed by atoms with Crippen LogP contribution in [-0.2, 0) is 14.8 Å². The van der Waals surface area contributed by atoms with Gasteiger partial charge in [-0.15, -0.1) is 10.2 Å². The lowest BCUT2D eigenvalue weighted by Gasteiger charge is -2.41. The van der Waals surface area contributed by atoms with Crippen molar-refractivity contribution in [1.82, 2.24) is 19.7 Å². The third-order valence-electron chi connectivity index (χ3n) is 7.75. The lowest BCUT2D eigenvalue weighted by molar-refractivity contribution is -0.138. The second-order valence-electron chi connectivity index (χ2n) is 12.1. The topological polar surface area (TPSA) is 144 Å². The van der Waals surface area contributed by atoms with Crippen molar-refractivity contribution in [1.29, 1.82) is 5.26 Å². The molecule has 1 amide bonds. The molecule has 232 valence electrons. The average molecular weight is 629 g/mol. The normalized spacial score (nSPS) is 18.3. The number of likely N-dealkylation sites (tertiary alicyclic amines) is 1. The van der Waals surface area contributed by atoms with Crippen molar-refractivity contribution >= 4 is 30.0 Å². The van der Waals surface area contributed by atoms with Gasteiger partial charge in [-0.3, -0.25) is 9.36 Å². The molecule has 0 saturated carbocycles. The lowest BCUT2D eigenvalue weighted by Crippen LogP contribution is -2.56. The van der Waals surface area contributed by atoms with Crippen molar-refractivity contribution in [3.63, 3.8) is 0 Å². The fourth-order valence-electron chi connectivity index (χ4n) is 5.16. The fourth-order valence-corrected chi connectivity index (χ4v) is 7.68. The van der Waals surface area contributed by atoms with Crippen LogP contribution in [0.3, 0.4) is 0 Å². The molecule has 12 nitrogen and oxygen atoms in total. The maximum absolute atomic E-state index is 14.6. The number of piperidine rings is 1. The van der Waals surface area contributed by atoms with E-state index >= 15 is 0 Å². The highest BCUT2D eigenvalue weighted by molar-refractivity contribution is 7.93. The number of hydrogen-bond donors (Lipinski definition) is 0. The zero-order valence-corrected chi connectivity index (χ0v) is 27.6. The number of ether oxygens (including phenoxy) is 2. The molecule has 3 heterocycles. The predicted molar refractivity (Wildman–Crippen MR) is 166 cm³/mol. The summed E-state index contributed by atoms with van der Waals surface area (Å²) in [7, 11) is -2.91. The molecule has 43 heavy (non-hydrogen) atoms. The Morgan fingerprint density at radius 3 is 2.40 bits per heavy atom. The Bertz CT molecular complexity index is 1570. The first-order chi connectivity index (χ1) is 20.3. The number of furan rings is 1. The molecule has 2 aromatic heterocycles. The summed E-state index contributed by atoms with van der Waals surface area (Å²) in [5, 5.41) is 17.7. The number of hydrogen-bond acceptors (Lipinski definition) is 9. The third-order valence-corrected chi connectivity index (χ3v) is 11.6. The predicted octanol–water partition coefficient (Wildman–Crippen LogP) is 4.70. The van der Waals surface area contributed by atoms with Crippen molar-refractivity contribution in [3.8, 4) is 34.8 Å². The molecule has 1 fully saturated rings. The first-order valence-electron chi connectivity index (χ1n) is 14.2. The quantitative estimate of drug-likeness (QED) is 0.261. The minimum atomic E-state index is -4.17. The summed E-state index contributed by atoms with van der Waals surface area (Å²) >= 11 is 0. The number of para-hydroxylation sites is 1. The molecule has 2 unspecified atom stereocenters. The number of methoxy groups -OCH3 is 2. The number of anilines is 1. The third kappa shape index (κ3) is 6.42. The zero-order chi connectivity index (χ0) is 31.6. The van der Waals surface area contributed by atoms with Crippen molar-refractivity contribution in [2.75, 3.05) is 31.6 Å². The molecule has 14 heteroatoms. The zero-order valence-electron chi connectivity index (χ0n) is 25.8. The van der Waals surface area contributed by atoms with Gasteiger partial charge in [0.1, 0.15) is 22.7 Å². The summed E-state index contributed by atoms with van der Waals surface area (Å²) in [4.78, 5) is 14.4. The molecule has 2 atom stereocenters. The van der Waals surface area contributed by atoms with Crippen LogP contribution < -0.4 is 13.8 Å². The van der Waals surface area contributed by atoms with Gasteiger partial charge < -0.3 is 18.8 Å². The van der Waals surface area contributed by atoms with Crippen LogP contribution in [0.15, 0.2) is 41.0 Å². The van der Waals surface area contributed by atoms with Gasteiger partial charge in [-0.2, -0.15) is 5.26 Å². The molecule has 0 radical (unpaired) electrons. The molecule has 1 aromatic carbocycles. The van der Waals surface area contributed by atoms with Gasteiger partial charge in [0.05, 0.1) is 31.8 Å². The second kappa shape index (κ2) is 12.4. The van der Waals surface area contributed by atoms with Crippen LogP contribution in [0.1, 0.15) is 33.1 Å². The molecule has 3 aromatic rings. The highest BCUT2D eigenvalue weighted by Gasteiger charge is 2.43. The number of amides is 1. The van der Waals surface area contributed by atoms with Crippen LogP contribution in [0.2, 0.25) is 25.7 Å². The number of carbonyl (C=O) groups excluding carboxylic acids is 1. The van der Waals surface area contributed by atoms with E-state index < -0.39 is 28.9 Å². The van der Waals surface area contributed by atoms with E-state index in [0.29, 0.717) is 41.8 Å². The van der Waals surface area contributed by atoms with Gasteiger partial charge in [-0.25, -0.2) is 12.7 Å². The van der Waals surface area contributed by atoms with Gasteiger partial charge in [-0.1, -0.05) is 25.7 Å². The Morgan fingerprint density at radius 2 is 1.84 bits per heavy atom. The van der Waals surface area contributed by atoms with E-state index in [1.807, 2.05) is 0 Å². The second-order valence-corrected chi connectivity index (χ2v) is 20.0. The van der Waals surface area contributed by atoms with Gasteiger partial charge in [0.25, 0.3) is 0 Å². The van der Waals surface area contributed by atoms with Crippen molar-refractivity contribution in [2.45, 2.75) is 69.6 Å². The lowest BCUT2D eigenvalue weighted by atomic mass is 9.89. The number of carbonyl (C=O) groups is 1. The van der Waals surface area contributed by atoms with E-state index in [1.165, 1.54) is 29.7 Å². The standard InChI is InChI=1S/C29H40N6O6SSi/c1-21(19-33-25(36)14-9-15-29(33,2)20-30)42(37,38)34(16-18-43(5,6)7)28-32-31-27(24-13-10-17-41-24)35(28)26-22(39-3)11-8-12-23(26)40-4/h8,10-13,17,21H,9,14-16,18-19H2,1-7H3. The molecule has 1 aliphatic heterocycles. The Balaban J connectivity index is 1.91. The largest absolute Gasteiger partial charge is 0.494 e. The SMILES string of the molecule is COc1cccc(OC)c1-n1c(-c2ccco2)nnc1N(CC[Si](C)(C)C)S(=O)(=O)C(C)CN1C(=O)CCCC1(C)C#N. The van der Waals surface area contributed by atoms with Crippen molar-refractivity contribution in [3.05, 3.63) is 36.6 Å². The fraction of sp³-hybridized carbons (Fsp3) is 0.517. The van der Waals surface area contributed by atoms with Crippen LogP contribution in [0.4, 0.5) is 5.95 Å². The van der Waals surface area contributed by atoms with E-state index in [-0.39, 0.29) is 37.2 Å². The maximum Gasteiger partial charge on any atom is 0.246 e. The Morgan fingerprint density at radius 1 is 1.16 bits per heavy atom. The van der Waals surface area contributed by atoms with E-state index in [4.69, 9.17) is 13.9 Å². The van der Waals surface area contributed by atoms with Crippen LogP contribution in [-0.4, -0.2) is 80.2 Å². The molecule has 0 bridgehead atoms. The van der Waals surface area contributed by atoms with Crippen molar-refractivity contribution < 1.29 is 27.1 Å². The Hall–Kier alpha value is -3.83. The van der Waals surface area contributed by atoms with E-state index in [9.17, 15) is 18.5 Å². The van der Waals surface area contributed by atoms with Gasteiger partial charge in [0, 0.05) is 27.6 Å². The minimum Gasteiger partial charge on any atom is -0.494 e. The Kier molecular flexibility index (Phi) is 9.26. The Labute approximate surface area is 254 Å². The van der Waals surface area contributed by atoms with Crippen molar-refractivity contribution in [2.24, 2.45) is 0 Å². The van der Waals surface area contributed by atoms with Gasteiger partial charge in [0.15, 0.2) is 5.76 Å². The highest BCUT2D eigenvalue weighted by Crippen LogP contribution is 2.40. The smallest absolute Gasteiger partial charge is 0.246 e. The molecule has 1 saturated heterocycles. The molecular formula is C29H40N6O6SSi. The van der Waals surface area contributed by atoms with Gasteiger partial charge in [0.2, 0.25) is 27.7 Å². The molecular weight excluding hydrogens is 589 g/mol. The number of rotatable bonds is 12. The summed E-state index contributed by atoms with van der Waals surface area (Å²) in [6.45, 7) is 9.74. The summed E-state index contributed by atoms with van der Waals surface area (Å²) in [6.07, 6.45) is 2.84. The first-order valence-corrected chi connectivity index (χ1v) is 19.4. The maximum atomic E-state index is 14.6. The van der Waals surface area contributed by atoms with Crippen LogP contribution >= 0.6 is 0 Å². The summed E-state index contributed by atoms with van der Waals surface area (Å²) in [5.41, 5.74) is -0.678.